The van der Waals surface area contributed by atoms with Crippen LogP contribution in [0.25, 0.3) is 0 Å². The van der Waals surface area contributed by atoms with E-state index in [1.165, 1.54) is 154 Å². The van der Waals surface area contributed by atoms with E-state index >= 15 is 0 Å². The van der Waals surface area contributed by atoms with E-state index in [0.717, 1.165) is 64.2 Å². The lowest BCUT2D eigenvalue weighted by Gasteiger charge is -2.41. The Labute approximate surface area is 419 Å². The van der Waals surface area contributed by atoms with Crippen molar-refractivity contribution in [3.05, 3.63) is 36.5 Å². The molecule has 9 N–H and O–H groups in total. The van der Waals surface area contributed by atoms with Crippen LogP contribution in [0.2, 0.25) is 0 Å². The molecule has 0 aromatic heterocycles. The number of unbranched alkanes of at least 4 members (excludes halogenated alkanes) is 30. The van der Waals surface area contributed by atoms with Crippen molar-refractivity contribution in [1.82, 2.24) is 5.32 Å². The molecule has 0 bridgehead atoms. The van der Waals surface area contributed by atoms with E-state index in [-0.39, 0.29) is 6.42 Å². The normalized spacial score (nSPS) is 22.2. The van der Waals surface area contributed by atoms with Crippen LogP contribution >= 0.6 is 7.82 Å². The number of rotatable bonds is 47. The number of hydrogen-bond donors (Lipinski definition) is 9. The van der Waals surface area contributed by atoms with E-state index in [4.69, 9.17) is 9.05 Å². The first-order valence-electron chi connectivity index (χ1n) is 28.0. The summed E-state index contributed by atoms with van der Waals surface area (Å²) < 4.78 is 23.0. The molecule has 1 amide bonds. The van der Waals surface area contributed by atoms with Crippen LogP contribution in [0, 0.1) is 0 Å². The SMILES string of the molecule is CCCCCCCCCCC/C=C\CCCCCCCC(O)CC(=O)NC(COP(=O)(O)OC1C(O)C(O)C(O)C(O)C1O)C(O)/C=C/CC/C=C/CCCCCCCCCCCCCCCCC. The zero-order valence-corrected chi connectivity index (χ0v) is 44.4. The summed E-state index contributed by atoms with van der Waals surface area (Å²) in [6, 6.07) is -1.26. The van der Waals surface area contributed by atoms with Crippen molar-refractivity contribution in [2.24, 2.45) is 0 Å². The molecular formula is C55H104NO12P. The number of allylic oxidation sites excluding steroid dienone is 5. The smallest absolute Gasteiger partial charge is 0.393 e. The molecule has 0 saturated heterocycles. The van der Waals surface area contributed by atoms with Crippen LogP contribution in [0.1, 0.15) is 245 Å². The van der Waals surface area contributed by atoms with Gasteiger partial charge in [-0.3, -0.25) is 13.8 Å². The van der Waals surface area contributed by atoms with Crippen LogP contribution in [0.4, 0.5) is 0 Å². The highest BCUT2D eigenvalue weighted by molar-refractivity contribution is 7.47. The molecule has 0 aliphatic heterocycles. The third-order valence-electron chi connectivity index (χ3n) is 13.4. The molecule has 0 radical (unpaired) electrons. The Morgan fingerprint density at radius 3 is 1.28 bits per heavy atom. The van der Waals surface area contributed by atoms with Gasteiger partial charge in [-0.15, -0.1) is 0 Å². The van der Waals surface area contributed by atoms with Gasteiger partial charge in [-0.1, -0.05) is 217 Å². The summed E-state index contributed by atoms with van der Waals surface area (Å²) >= 11 is 0. The highest BCUT2D eigenvalue weighted by Crippen LogP contribution is 2.47. The second kappa shape index (κ2) is 44.0. The summed E-state index contributed by atoms with van der Waals surface area (Å²) in [6.07, 6.45) is 39.4. The van der Waals surface area contributed by atoms with Crippen molar-refractivity contribution in [2.75, 3.05) is 6.61 Å². The van der Waals surface area contributed by atoms with Crippen LogP contribution in [-0.2, 0) is 18.4 Å². The summed E-state index contributed by atoms with van der Waals surface area (Å²) in [5, 5.41) is 74.8. The molecule has 1 saturated carbocycles. The Hall–Kier alpha value is -1.48. The third kappa shape index (κ3) is 35.3. The van der Waals surface area contributed by atoms with Gasteiger partial charge < -0.3 is 46.0 Å². The minimum atomic E-state index is -5.16. The van der Waals surface area contributed by atoms with Gasteiger partial charge >= 0.3 is 7.82 Å². The molecule has 0 spiro atoms. The van der Waals surface area contributed by atoms with Crippen molar-refractivity contribution < 1.29 is 59.0 Å². The first-order chi connectivity index (χ1) is 33.3. The summed E-state index contributed by atoms with van der Waals surface area (Å²) in [6.45, 7) is 3.77. The summed E-state index contributed by atoms with van der Waals surface area (Å²) in [5.74, 6) is -0.605. The number of carbonyl (C=O) groups excluding carboxylic acids is 1. The Balaban J connectivity index is 2.47. The van der Waals surface area contributed by atoms with Crippen LogP contribution in [0.5, 0.6) is 0 Å². The molecule has 406 valence electrons. The first kappa shape index (κ1) is 65.5. The zero-order chi connectivity index (χ0) is 50.8. The number of aliphatic hydroxyl groups excluding tert-OH is 7. The quantitative estimate of drug-likeness (QED) is 0.0158. The van der Waals surface area contributed by atoms with Crippen molar-refractivity contribution >= 4 is 13.7 Å². The average molecular weight is 1000 g/mol. The lowest BCUT2D eigenvalue weighted by molar-refractivity contribution is -0.220. The van der Waals surface area contributed by atoms with Gasteiger partial charge in [0.1, 0.15) is 36.6 Å². The fraction of sp³-hybridized carbons (Fsp3) is 0.873. The van der Waals surface area contributed by atoms with E-state index in [9.17, 15) is 50.0 Å². The summed E-state index contributed by atoms with van der Waals surface area (Å²) in [7, 11) is -5.16. The van der Waals surface area contributed by atoms with Crippen molar-refractivity contribution in [3.8, 4) is 0 Å². The summed E-state index contributed by atoms with van der Waals surface area (Å²) in [4.78, 5) is 23.6. The molecular weight excluding hydrogens is 898 g/mol. The lowest BCUT2D eigenvalue weighted by Crippen LogP contribution is -2.64. The lowest BCUT2D eigenvalue weighted by atomic mass is 9.85. The minimum absolute atomic E-state index is 0.257. The van der Waals surface area contributed by atoms with Gasteiger partial charge in [-0.05, 0) is 57.8 Å². The fourth-order valence-electron chi connectivity index (χ4n) is 8.90. The van der Waals surface area contributed by atoms with Crippen LogP contribution < -0.4 is 5.32 Å². The van der Waals surface area contributed by atoms with E-state index in [0.29, 0.717) is 12.8 Å². The largest absolute Gasteiger partial charge is 0.472 e. The van der Waals surface area contributed by atoms with Crippen LogP contribution in [0.3, 0.4) is 0 Å². The fourth-order valence-corrected chi connectivity index (χ4v) is 9.87. The van der Waals surface area contributed by atoms with Gasteiger partial charge in [0.05, 0.1) is 31.3 Å². The highest BCUT2D eigenvalue weighted by Gasteiger charge is 2.51. The number of aliphatic hydroxyl groups is 7. The van der Waals surface area contributed by atoms with Gasteiger partial charge in [0, 0.05) is 0 Å². The molecule has 1 fully saturated rings. The van der Waals surface area contributed by atoms with E-state index in [2.05, 4.69) is 43.5 Å². The molecule has 1 rings (SSSR count). The minimum Gasteiger partial charge on any atom is -0.393 e. The van der Waals surface area contributed by atoms with Crippen LogP contribution in [-0.4, -0.2) is 108 Å². The van der Waals surface area contributed by atoms with Gasteiger partial charge in [0.25, 0.3) is 0 Å². The second-order valence-corrected chi connectivity index (χ2v) is 21.4. The van der Waals surface area contributed by atoms with Crippen LogP contribution in [0.15, 0.2) is 36.5 Å². The number of carbonyl (C=O) groups is 1. The molecule has 0 heterocycles. The van der Waals surface area contributed by atoms with E-state index in [1.807, 2.05) is 0 Å². The second-order valence-electron chi connectivity index (χ2n) is 20.0. The molecule has 0 aromatic rings. The molecule has 14 heteroatoms. The van der Waals surface area contributed by atoms with Crippen molar-refractivity contribution in [3.63, 3.8) is 0 Å². The predicted octanol–water partition coefficient (Wildman–Crippen LogP) is 11.3. The zero-order valence-electron chi connectivity index (χ0n) is 43.5. The maximum Gasteiger partial charge on any atom is 0.472 e. The molecule has 13 nitrogen and oxygen atoms in total. The van der Waals surface area contributed by atoms with Gasteiger partial charge in [-0.25, -0.2) is 4.57 Å². The third-order valence-corrected chi connectivity index (χ3v) is 14.4. The number of hydrogen-bond acceptors (Lipinski definition) is 11. The van der Waals surface area contributed by atoms with Crippen molar-refractivity contribution in [1.29, 1.82) is 0 Å². The number of amides is 1. The summed E-state index contributed by atoms with van der Waals surface area (Å²) in [5.41, 5.74) is 0. The average Bonchev–Trinajstić information content (AvgIpc) is 3.32. The van der Waals surface area contributed by atoms with Gasteiger partial charge in [0.2, 0.25) is 5.91 Å². The maximum atomic E-state index is 13.1. The monoisotopic (exact) mass is 1000 g/mol. The predicted molar refractivity (Wildman–Crippen MR) is 280 cm³/mol. The molecule has 1 aliphatic carbocycles. The molecule has 8 atom stereocenters. The molecule has 8 unspecified atom stereocenters. The van der Waals surface area contributed by atoms with E-state index < -0.39 is 75.2 Å². The molecule has 0 aromatic carbocycles. The Morgan fingerprint density at radius 1 is 0.507 bits per heavy atom. The van der Waals surface area contributed by atoms with E-state index in [1.54, 1.807) is 6.08 Å². The molecule has 1 aliphatic rings. The molecule has 69 heavy (non-hydrogen) atoms. The Kier molecular flexibility index (Phi) is 41.8. The first-order valence-corrected chi connectivity index (χ1v) is 29.5. The Morgan fingerprint density at radius 2 is 0.855 bits per heavy atom. The van der Waals surface area contributed by atoms with Crippen molar-refractivity contribution in [2.45, 2.75) is 300 Å². The van der Waals surface area contributed by atoms with Gasteiger partial charge in [0.15, 0.2) is 0 Å². The van der Waals surface area contributed by atoms with Gasteiger partial charge in [-0.2, -0.15) is 0 Å². The maximum absolute atomic E-state index is 13.1. The number of phosphoric acid groups is 1. The highest BCUT2D eigenvalue weighted by atomic mass is 31.2. The standard InChI is InChI=1S/C55H104NO12P/c1-3-5-7-9-11-13-15-17-19-21-23-24-25-27-29-31-33-35-37-39-41-43-48(58)47(45-67-69(65,66)68-55-53(63)51(61)50(60)52(62)54(55)64)56-49(59)44-46(57)42-40-38-36-34-32-30-28-26-22-20-18-16-14-12-10-8-6-4-2/h26,28,33,35,41,43,46-48,50-55,57-58,60-64H,3-25,27,29-32,34,36-40,42,44-45H2,1-2H3,(H,56,59)(H,65,66)/b28-26-,35-33+,43-41+. The Bertz CT molecular complexity index is 1320. The topological polar surface area (TPSA) is 226 Å². The number of phosphoric ester groups is 1. The number of nitrogens with one attached hydrogen (secondary N) is 1.